The molecule has 1 amide bonds. The number of likely N-dealkylation sites (tertiary alicyclic amines) is 1. The molecule has 5 heteroatoms. The van der Waals surface area contributed by atoms with Crippen LogP contribution in [0, 0.1) is 5.41 Å². The van der Waals surface area contributed by atoms with Gasteiger partial charge >= 0.3 is 0 Å². The first-order chi connectivity index (χ1) is 7.06. The monoisotopic (exact) mass is 250 g/mol. The Balaban J connectivity index is 0.00000225. The van der Waals surface area contributed by atoms with Gasteiger partial charge in [0.25, 0.3) is 5.91 Å². The summed E-state index contributed by atoms with van der Waals surface area (Å²) in [6.45, 7) is 6.31. The largest absolute Gasteiger partial charge is 0.372 e. The minimum Gasteiger partial charge on any atom is -0.372 e. The second-order valence-corrected chi connectivity index (χ2v) is 4.66. The molecule has 1 rings (SSSR count). The van der Waals surface area contributed by atoms with Crippen molar-refractivity contribution >= 4 is 18.3 Å². The summed E-state index contributed by atoms with van der Waals surface area (Å²) in [5, 5.41) is 0. The van der Waals surface area contributed by atoms with Crippen molar-refractivity contribution in [3.05, 3.63) is 0 Å². The molecule has 0 aromatic heterocycles. The van der Waals surface area contributed by atoms with E-state index in [1.165, 1.54) is 0 Å². The summed E-state index contributed by atoms with van der Waals surface area (Å²) in [4.78, 5) is 13.9. The second kappa shape index (κ2) is 6.42. The van der Waals surface area contributed by atoms with Gasteiger partial charge in [-0.1, -0.05) is 13.8 Å². The van der Waals surface area contributed by atoms with Crippen LogP contribution in [0.2, 0.25) is 0 Å². The Morgan fingerprint density at radius 3 is 2.62 bits per heavy atom. The average Bonchev–Trinajstić information content (AvgIpc) is 2.63. The van der Waals surface area contributed by atoms with Crippen molar-refractivity contribution in [1.29, 1.82) is 0 Å². The van der Waals surface area contributed by atoms with Crippen LogP contribution in [0.1, 0.15) is 26.7 Å². The number of ether oxygens (including phenoxy) is 1. The van der Waals surface area contributed by atoms with Crippen LogP contribution in [0.5, 0.6) is 0 Å². The molecule has 2 unspecified atom stereocenters. The maximum absolute atomic E-state index is 12.0. The van der Waals surface area contributed by atoms with Gasteiger partial charge in [0.15, 0.2) is 0 Å². The van der Waals surface area contributed by atoms with Crippen LogP contribution in [0.4, 0.5) is 0 Å². The summed E-state index contributed by atoms with van der Waals surface area (Å²) in [5.41, 5.74) is 5.80. The molecule has 1 heterocycles. The van der Waals surface area contributed by atoms with E-state index in [0.717, 1.165) is 25.9 Å². The fourth-order valence-electron chi connectivity index (χ4n) is 2.02. The van der Waals surface area contributed by atoms with Crippen LogP contribution in [0.25, 0.3) is 0 Å². The number of hydrogen-bond acceptors (Lipinski definition) is 3. The molecule has 0 bridgehead atoms. The highest BCUT2D eigenvalue weighted by atomic mass is 35.5. The Morgan fingerprint density at radius 2 is 2.25 bits per heavy atom. The van der Waals surface area contributed by atoms with Gasteiger partial charge in [-0.25, -0.2) is 0 Å². The Hall–Kier alpha value is -0.320. The number of rotatable bonds is 4. The zero-order valence-electron chi connectivity index (χ0n) is 10.4. The van der Waals surface area contributed by atoms with Crippen LogP contribution in [-0.2, 0) is 9.53 Å². The Morgan fingerprint density at radius 1 is 1.62 bits per heavy atom. The molecule has 1 fully saturated rings. The lowest BCUT2D eigenvalue weighted by Crippen LogP contribution is -2.40. The van der Waals surface area contributed by atoms with Crippen LogP contribution < -0.4 is 5.73 Å². The minimum atomic E-state index is -0.287. The van der Waals surface area contributed by atoms with Crippen molar-refractivity contribution in [2.24, 2.45) is 11.1 Å². The molecule has 0 aromatic rings. The predicted molar refractivity (Wildman–Crippen MR) is 66.7 cm³/mol. The van der Waals surface area contributed by atoms with Gasteiger partial charge in [-0.15, -0.1) is 12.4 Å². The fourth-order valence-corrected chi connectivity index (χ4v) is 2.02. The van der Waals surface area contributed by atoms with E-state index in [0.29, 0.717) is 6.54 Å². The molecular weight excluding hydrogens is 228 g/mol. The molecule has 96 valence electrons. The van der Waals surface area contributed by atoms with Crippen molar-refractivity contribution in [2.75, 3.05) is 26.7 Å². The first-order valence-electron chi connectivity index (χ1n) is 5.58. The van der Waals surface area contributed by atoms with E-state index in [-0.39, 0.29) is 29.8 Å². The van der Waals surface area contributed by atoms with Gasteiger partial charge in [0.05, 0.1) is 0 Å². The molecule has 2 atom stereocenters. The van der Waals surface area contributed by atoms with Crippen LogP contribution in [0.15, 0.2) is 0 Å². The van der Waals surface area contributed by atoms with E-state index < -0.39 is 0 Å². The third-order valence-electron chi connectivity index (χ3n) is 3.29. The van der Waals surface area contributed by atoms with Gasteiger partial charge in [-0.05, 0) is 24.8 Å². The van der Waals surface area contributed by atoms with E-state index in [4.69, 9.17) is 10.5 Å². The number of carbonyl (C=O) groups excluding carboxylic acids is 1. The number of nitrogens with two attached hydrogens (primary N) is 1. The molecule has 0 aliphatic carbocycles. The normalized spacial score (nSPS) is 26.4. The van der Waals surface area contributed by atoms with E-state index in [1.54, 1.807) is 7.11 Å². The van der Waals surface area contributed by atoms with Crippen molar-refractivity contribution in [3.63, 3.8) is 0 Å². The second-order valence-electron chi connectivity index (χ2n) is 4.66. The smallest absolute Gasteiger partial charge is 0.251 e. The van der Waals surface area contributed by atoms with Gasteiger partial charge in [-0.2, -0.15) is 0 Å². The Kier molecular flexibility index (Phi) is 6.30. The van der Waals surface area contributed by atoms with Crippen molar-refractivity contribution < 1.29 is 9.53 Å². The van der Waals surface area contributed by atoms with E-state index in [2.05, 4.69) is 6.92 Å². The molecule has 0 aromatic carbocycles. The minimum absolute atomic E-state index is 0. The van der Waals surface area contributed by atoms with Gasteiger partial charge < -0.3 is 15.4 Å². The van der Waals surface area contributed by atoms with Gasteiger partial charge in [0.1, 0.15) is 6.10 Å². The molecule has 1 saturated heterocycles. The summed E-state index contributed by atoms with van der Waals surface area (Å²) in [6.07, 6.45) is 1.44. The summed E-state index contributed by atoms with van der Waals surface area (Å²) in [7, 11) is 1.59. The van der Waals surface area contributed by atoms with Crippen molar-refractivity contribution in [2.45, 2.75) is 32.8 Å². The third kappa shape index (κ3) is 3.34. The lowest BCUT2D eigenvalue weighted by atomic mass is 9.90. The van der Waals surface area contributed by atoms with Crippen LogP contribution >= 0.6 is 12.4 Å². The topological polar surface area (TPSA) is 55.6 Å². The number of amides is 1. The Labute approximate surface area is 104 Å². The predicted octanol–water partition coefficient (Wildman–Crippen LogP) is 1.03. The van der Waals surface area contributed by atoms with Gasteiger partial charge in [0, 0.05) is 20.2 Å². The first kappa shape index (κ1) is 15.7. The van der Waals surface area contributed by atoms with Crippen LogP contribution in [-0.4, -0.2) is 43.7 Å². The number of nitrogens with zero attached hydrogens (tertiary/aromatic N) is 1. The zero-order chi connectivity index (χ0) is 11.5. The molecule has 1 aliphatic heterocycles. The van der Waals surface area contributed by atoms with Crippen molar-refractivity contribution in [1.82, 2.24) is 4.90 Å². The van der Waals surface area contributed by atoms with E-state index >= 15 is 0 Å². The standard InChI is InChI=1S/C11H22N2O2.ClH/c1-4-9(15-3)10(14)13-6-5-11(2,7-12)8-13;/h9H,4-8,12H2,1-3H3;1H. The number of methoxy groups -OCH3 is 1. The zero-order valence-corrected chi connectivity index (χ0v) is 11.2. The van der Waals surface area contributed by atoms with E-state index in [1.807, 2.05) is 11.8 Å². The highest BCUT2D eigenvalue weighted by Crippen LogP contribution is 2.29. The summed E-state index contributed by atoms with van der Waals surface area (Å²) in [6, 6.07) is 0. The fraction of sp³-hybridized carbons (Fsp3) is 0.909. The summed E-state index contributed by atoms with van der Waals surface area (Å²) in [5.74, 6) is 0.108. The van der Waals surface area contributed by atoms with E-state index in [9.17, 15) is 4.79 Å². The molecule has 1 aliphatic rings. The van der Waals surface area contributed by atoms with Crippen molar-refractivity contribution in [3.8, 4) is 0 Å². The molecule has 16 heavy (non-hydrogen) atoms. The molecule has 0 radical (unpaired) electrons. The quantitative estimate of drug-likeness (QED) is 0.811. The van der Waals surface area contributed by atoms with Crippen LogP contribution in [0.3, 0.4) is 0 Å². The number of carbonyl (C=O) groups is 1. The average molecular weight is 251 g/mol. The lowest BCUT2D eigenvalue weighted by Gasteiger charge is -2.25. The molecule has 0 saturated carbocycles. The molecular formula is C11H23ClN2O2. The number of hydrogen-bond donors (Lipinski definition) is 1. The summed E-state index contributed by atoms with van der Waals surface area (Å²) < 4.78 is 5.15. The molecule has 2 N–H and O–H groups in total. The van der Waals surface area contributed by atoms with Gasteiger partial charge in [-0.3, -0.25) is 4.79 Å². The Bertz CT molecular complexity index is 234. The first-order valence-corrected chi connectivity index (χ1v) is 5.58. The van der Waals surface area contributed by atoms with Gasteiger partial charge in [0.2, 0.25) is 0 Å². The molecule has 0 spiro atoms. The summed E-state index contributed by atoms with van der Waals surface area (Å²) >= 11 is 0. The highest BCUT2D eigenvalue weighted by molar-refractivity contribution is 5.85. The maximum Gasteiger partial charge on any atom is 0.251 e. The SMILES string of the molecule is CCC(OC)C(=O)N1CCC(C)(CN)C1.Cl. The number of halogens is 1. The highest BCUT2D eigenvalue weighted by Gasteiger charge is 2.36. The molecule has 4 nitrogen and oxygen atoms in total. The third-order valence-corrected chi connectivity index (χ3v) is 3.29. The lowest BCUT2D eigenvalue weighted by molar-refractivity contribution is -0.141. The maximum atomic E-state index is 12.0.